The summed E-state index contributed by atoms with van der Waals surface area (Å²) in [6.07, 6.45) is 3.38. The van der Waals surface area contributed by atoms with E-state index in [1.165, 1.54) is 0 Å². The molecule has 0 amide bonds. The molecule has 3 nitrogen and oxygen atoms in total. The van der Waals surface area contributed by atoms with Crippen molar-refractivity contribution in [3.05, 3.63) is 22.8 Å². The Kier molecular flexibility index (Phi) is 1.77. The average molecular weight is 199 g/mol. The minimum atomic E-state index is -0.598. The van der Waals surface area contributed by atoms with Crippen LogP contribution in [-0.4, -0.2) is 11.9 Å². The van der Waals surface area contributed by atoms with E-state index in [0.29, 0.717) is 5.03 Å². The van der Waals surface area contributed by atoms with Gasteiger partial charge in [0.15, 0.2) is 0 Å². The standard InChI is InChI=1S/C9H7ClO3/c1-4-2-3-5(10)7-6(4)8(11)13-9(7)12/h2-3,6-7H,1H3. The molecule has 0 saturated carbocycles. The SMILES string of the molecule is CC1=CC=C(Cl)C2C(=O)OC(=O)C12. The summed E-state index contributed by atoms with van der Waals surface area (Å²) < 4.78 is 4.51. The predicted molar refractivity (Wildman–Crippen MR) is 45.8 cm³/mol. The number of cyclic esters (lactones) is 2. The quantitative estimate of drug-likeness (QED) is 0.436. The zero-order chi connectivity index (χ0) is 9.59. The Morgan fingerprint density at radius 2 is 1.85 bits per heavy atom. The van der Waals surface area contributed by atoms with E-state index in [4.69, 9.17) is 11.6 Å². The third-order valence-electron chi connectivity index (χ3n) is 2.34. The lowest BCUT2D eigenvalue weighted by molar-refractivity contribution is -0.153. The molecule has 0 bridgehead atoms. The van der Waals surface area contributed by atoms with Crippen LogP contribution in [0.4, 0.5) is 0 Å². The van der Waals surface area contributed by atoms with Crippen molar-refractivity contribution in [3.63, 3.8) is 0 Å². The van der Waals surface area contributed by atoms with Crippen LogP contribution in [0.25, 0.3) is 0 Å². The van der Waals surface area contributed by atoms with E-state index in [0.717, 1.165) is 5.57 Å². The van der Waals surface area contributed by atoms with Crippen LogP contribution in [0.5, 0.6) is 0 Å². The Bertz CT molecular complexity index is 320. The summed E-state index contributed by atoms with van der Waals surface area (Å²) in [4.78, 5) is 22.4. The highest BCUT2D eigenvalue weighted by Gasteiger charge is 2.47. The molecule has 0 aromatic carbocycles. The molecule has 0 radical (unpaired) electrons. The zero-order valence-electron chi connectivity index (χ0n) is 6.91. The highest BCUT2D eigenvalue weighted by molar-refractivity contribution is 6.32. The van der Waals surface area contributed by atoms with E-state index < -0.39 is 23.8 Å². The monoisotopic (exact) mass is 198 g/mol. The lowest BCUT2D eigenvalue weighted by Crippen LogP contribution is -2.21. The van der Waals surface area contributed by atoms with Crippen LogP contribution in [0.1, 0.15) is 6.92 Å². The molecule has 2 rings (SSSR count). The van der Waals surface area contributed by atoms with E-state index in [1.807, 2.05) is 0 Å². The van der Waals surface area contributed by atoms with Crippen LogP contribution < -0.4 is 0 Å². The molecular formula is C9H7ClO3. The average Bonchev–Trinajstić information content (AvgIpc) is 2.36. The summed E-state index contributed by atoms with van der Waals surface area (Å²) in [6, 6.07) is 0. The molecule has 68 valence electrons. The highest BCUT2D eigenvalue weighted by Crippen LogP contribution is 2.39. The number of allylic oxidation sites excluding steroid dienone is 2. The highest BCUT2D eigenvalue weighted by atomic mass is 35.5. The Labute approximate surface area is 80.0 Å². The molecule has 0 N–H and O–H groups in total. The van der Waals surface area contributed by atoms with Crippen molar-refractivity contribution in [2.75, 3.05) is 0 Å². The molecule has 0 spiro atoms. The van der Waals surface area contributed by atoms with Gasteiger partial charge in [0, 0.05) is 5.03 Å². The minimum Gasteiger partial charge on any atom is -0.392 e. The van der Waals surface area contributed by atoms with E-state index in [1.54, 1.807) is 19.1 Å². The van der Waals surface area contributed by atoms with Gasteiger partial charge in [-0.15, -0.1) is 0 Å². The van der Waals surface area contributed by atoms with Crippen LogP contribution in [0.15, 0.2) is 22.8 Å². The summed E-state index contributed by atoms with van der Waals surface area (Å²) in [6.45, 7) is 1.79. The van der Waals surface area contributed by atoms with E-state index >= 15 is 0 Å². The molecule has 2 atom stereocenters. The Morgan fingerprint density at radius 3 is 2.46 bits per heavy atom. The van der Waals surface area contributed by atoms with E-state index in [9.17, 15) is 9.59 Å². The van der Waals surface area contributed by atoms with Gasteiger partial charge in [-0.25, -0.2) is 0 Å². The second-order valence-electron chi connectivity index (χ2n) is 3.16. The Morgan fingerprint density at radius 1 is 1.23 bits per heavy atom. The maximum atomic E-state index is 11.2. The number of carbonyl (C=O) groups is 2. The molecule has 1 aliphatic carbocycles. The molecule has 0 aromatic rings. The summed E-state index contributed by atoms with van der Waals surface area (Å²) in [5.74, 6) is -2.12. The lowest BCUT2D eigenvalue weighted by atomic mass is 9.85. The second-order valence-corrected chi connectivity index (χ2v) is 3.59. The summed E-state index contributed by atoms with van der Waals surface area (Å²) in [7, 11) is 0. The largest absolute Gasteiger partial charge is 0.392 e. The van der Waals surface area contributed by atoms with Crippen molar-refractivity contribution >= 4 is 23.5 Å². The second kappa shape index (κ2) is 2.70. The van der Waals surface area contributed by atoms with Crippen LogP contribution in [0.2, 0.25) is 0 Å². The van der Waals surface area contributed by atoms with Crippen molar-refractivity contribution in [2.45, 2.75) is 6.92 Å². The topological polar surface area (TPSA) is 43.4 Å². The molecule has 2 unspecified atom stereocenters. The van der Waals surface area contributed by atoms with Crippen molar-refractivity contribution in [2.24, 2.45) is 11.8 Å². The van der Waals surface area contributed by atoms with Gasteiger partial charge in [-0.3, -0.25) is 9.59 Å². The molecule has 13 heavy (non-hydrogen) atoms. The number of esters is 2. The first-order valence-electron chi connectivity index (χ1n) is 3.90. The van der Waals surface area contributed by atoms with Gasteiger partial charge >= 0.3 is 11.9 Å². The maximum absolute atomic E-state index is 11.2. The molecule has 0 aromatic heterocycles. The van der Waals surface area contributed by atoms with Gasteiger partial charge in [-0.1, -0.05) is 23.3 Å². The Balaban J connectivity index is 2.47. The first-order valence-corrected chi connectivity index (χ1v) is 4.28. The minimum absolute atomic E-state index is 0.381. The fourth-order valence-corrected chi connectivity index (χ4v) is 1.92. The number of hydrogen-bond donors (Lipinski definition) is 0. The van der Waals surface area contributed by atoms with Gasteiger partial charge in [-0.05, 0) is 13.0 Å². The smallest absolute Gasteiger partial charge is 0.323 e. The first-order chi connectivity index (χ1) is 6.11. The number of fused-ring (bicyclic) bond motifs is 1. The normalized spacial score (nSPS) is 32.2. The molecule has 1 fully saturated rings. The first kappa shape index (κ1) is 8.51. The summed E-state index contributed by atoms with van der Waals surface area (Å²) >= 11 is 5.81. The molecule has 1 saturated heterocycles. The fourth-order valence-electron chi connectivity index (χ4n) is 1.64. The van der Waals surface area contributed by atoms with Gasteiger partial charge in [0.05, 0.1) is 5.92 Å². The van der Waals surface area contributed by atoms with Crippen LogP contribution in [0, 0.1) is 11.8 Å². The maximum Gasteiger partial charge on any atom is 0.323 e. The number of rotatable bonds is 0. The fraction of sp³-hybridized carbons (Fsp3) is 0.333. The van der Waals surface area contributed by atoms with Crippen LogP contribution in [0.3, 0.4) is 0 Å². The van der Waals surface area contributed by atoms with E-state index in [-0.39, 0.29) is 0 Å². The third-order valence-corrected chi connectivity index (χ3v) is 2.70. The summed E-state index contributed by atoms with van der Waals surface area (Å²) in [5.41, 5.74) is 0.824. The van der Waals surface area contributed by atoms with Crippen molar-refractivity contribution < 1.29 is 14.3 Å². The zero-order valence-corrected chi connectivity index (χ0v) is 7.67. The lowest BCUT2D eigenvalue weighted by Gasteiger charge is -2.16. The van der Waals surface area contributed by atoms with Gasteiger partial charge in [0.25, 0.3) is 0 Å². The molecular weight excluding hydrogens is 192 g/mol. The van der Waals surface area contributed by atoms with Crippen molar-refractivity contribution in [1.82, 2.24) is 0 Å². The number of carbonyl (C=O) groups excluding carboxylic acids is 2. The van der Waals surface area contributed by atoms with Gasteiger partial charge in [0.1, 0.15) is 5.92 Å². The predicted octanol–water partition coefficient (Wildman–Crippen LogP) is 1.38. The van der Waals surface area contributed by atoms with Crippen molar-refractivity contribution in [3.8, 4) is 0 Å². The summed E-state index contributed by atoms with van der Waals surface area (Å²) in [5, 5.41) is 0.381. The molecule has 2 aliphatic rings. The molecule has 1 aliphatic heterocycles. The number of hydrogen-bond acceptors (Lipinski definition) is 3. The van der Waals surface area contributed by atoms with Gasteiger partial charge in [-0.2, -0.15) is 0 Å². The number of halogens is 1. The van der Waals surface area contributed by atoms with Crippen LogP contribution >= 0.6 is 11.6 Å². The third kappa shape index (κ3) is 1.11. The van der Waals surface area contributed by atoms with Crippen molar-refractivity contribution in [1.29, 1.82) is 0 Å². The Hall–Kier alpha value is -1.09. The van der Waals surface area contributed by atoms with Gasteiger partial charge < -0.3 is 4.74 Å². The number of ether oxygens (including phenoxy) is 1. The molecule has 4 heteroatoms. The van der Waals surface area contributed by atoms with Gasteiger partial charge in [0.2, 0.25) is 0 Å². The molecule has 1 heterocycles. The van der Waals surface area contributed by atoms with Crippen LogP contribution in [-0.2, 0) is 14.3 Å². The van der Waals surface area contributed by atoms with E-state index in [2.05, 4.69) is 4.74 Å².